The van der Waals surface area contributed by atoms with E-state index >= 15 is 0 Å². The van der Waals surface area contributed by atoms with Crippen LogP contribution >= 0.6 is 11.8 Å². The average Bonchev–Trinajstić information content (AvgIpc) is 2.22. The van der Waals surface area contributed by atoms with Crippen LogP contribution in [0, 0.1) is 0 Å². The van der Waals surface area contributed by atoms with Crippen LogP contribution in [0.15, 0.2) is 0 Å². The molecule has 1 fully saturated rings. The largest absolute Gasteiger partial charge is 0.367 e. The van der Waals surface area contributed by atoms with E-state index in [1.807, 2.05) is 11.8 Å². The van der Waals surface area contributed by atoms with Gasteiger partial charge >= 0.3 is 0 Å². The molecule has 1 atom stereocenters. The fourth-order valence-electron chi connectivity index (χ4n) is 0.219. The van der Waals surface area contributed by atoms with Crippen molar-refractivity contribution in [1.29, 1.82) is 0 Å². The van der Waals surface area contributed by atoms with Gasteiger partial charge < -0.3 is 4.74 Å². The summed E-state index contributed by atoms with van der Waals surface area (Å²) in [4.78, 5) is 0.208. The van der Waals surface area contributed by atoms with E-state index < -0.39 is 0 Å². The van der Waals surface area contributed by atoms with Crippen molar-refractivity contribution in [3.05, 3.63) is 0 Å². The quantitative estimate of drug-likeness (QED) is 0.461. The van der Waals surface area contributed by atoms with Crippen LogP contribution in [-0.4, -0.2) is 17.8 Å². The van der Waals surface area contributed by atoms with Crippen molar-refractivity contribution in [3.8, 4) is 0 Å². The Morgan fingerprint density at radius 1 is 1.83 bits per heavy atom. The fraction of sp³-hybridized carbons (Fsp3) is 1.00. The maximum absolute atomic E-state index is 5.01. The minimum Gasteiger partial charge on any atom is -0.367 e. The lowest BCUT2D eigenvalue weighted by Crippen LogP contribution is -2.02. The van der Waals surface area contributed by atoms with Crippen LogP contribution in [0.1, 0.15) is 6.92 Å². The Labute approximate surface area is 42.1 Å². The number of methoxy groups -OCH3 is 1. The summed E-state index contributed by atoms with van der Waals surface area (Å²) in [5.41, 5.74) is 0. The molecule has 0 aromatic heterocycles. The molecule has 36 valence electrons. The molecule has 0 saturated carbocycles. The van der Waals surface area contributed by atoms with E-state index in [1.165, 1.54) is 5.75 Å². The van der Waals surface area contributed by atoms with Crippen molar-refractivity contribution in [2.75, 3.05) is 12.9 Å². The van der Waals surface area contributed by atoms with E-state index in [9.17, 15) is 0 Å². The molecular weight excluding hydrogens is 96.1 g/mol. The molecule has 0 N–H and O–H groups in total. The van der Waals surface area contributed by atoms with Crippen molar-refractivity contribution < 1.29 is 4.74 Å². The van der Waals surface area contributed by atoms with Gasteiger partial charge in [-0.1, -0.05) is 0 Å². The summed E-state index contributed by atoms with van der Waals surface area (Å²) in [6, 6.07) is 0. The number of hydrogen-bond acceptors (Lipinski definition) is 2. The Kier molecular flexibility index (Phi) is 0.848. The topological polar surface area (TPSA) is 9.23 Å². The molecule has 0 amide bonds. The van der Waals surface area contributed by atoms with E-state index in [0.717, 1.165) is 0 Å². The van der Waals surface area contributed by atoms with Crippen molar-refractivity contribution in [3.63, 3.8) is 0 Å². The van der Waals surface area contributed by atoms with Crippen molar-refractivity contribution in [1.82, 2.24) is 0 Å². The fourth-order valence-corrected chi connectivity index (χ4v) is 0.658. The maximum Gasteiger partial charge on any atom is 0.119 e. The monoisotopic (exact) mass is 104 g/mol. The molecule has 0 aromatic rings. The summed E-state index contributed by atoms with van der Waals surface area (Å²) in [5.74, 6) is 1.17. The SMILES string of the molecule is COC1(C)CS1. The summed E-state index contributed by atoms with van der Waals surface area (Å²) < 4.78 is 5.01. The van der Waals surface area contributed by atoms with Gasteiger partial charge in [0, 0.05) is 12.9 Å². The third kappa shape index (κ3) is 0.684. The van der Waals surface area contributed by atoms with E-state index in [2.05, 4.69) is 6.92 Å². The number of thioether (sulfide) groups is 1. The molecule has 0 radical (unpaired) electrons. The molecule has 1 saturated heterocycles. The zero-order valence-electron chi connectivity index (χ0n) is 4.02. The predicted molar refractivity (Wildman–Crippen MR) is 27.9 cm³/mol. The van der Waals surface area contributed by atoms with Gasteiger partial charge in [0.05, 0.1) is 0 Å². The number of hydrogen-bond donors (Lipinski definition) is 0. The summed E-state index contributed by atoms with van der Waals surface area (Å²) >= 11 is 1.85. The standard InChI is InChI=1S/C4H8OS/c1-4(5-2)3-6-4/h3H2,1-2H3. The van der Waals surface area contributed by atoms with Crippen molar-refractivity contribution in [2.24, 2.45) is 0 Å². The van der Waals surface area contributed by atoms with Gasteiger partial charge in [0.25, 0.3) is 0 Å². The molecule has 1 aliphatic rings. The molecule has 0 spiro atoms. The lowest BCUT2D eigenvalue weighted by Gasteiger charge is -1.97. The Morgan fingerprint density at radius 2 is 2.33 bits per heavy atom. The summed E-state index contributed by atoms with van der Waals surface area (Å²) in [6.45, 7) is 2.09. The summed E-state index contributed by atoms with van der Waals surface area (Å²) in [6.07, 6.45) is 0. The van der Waals surface area contributed by atoms with Crippen LogP contribution < -0.4 is 0 Å². The van der Waals surface area contributed by atoms with Crippen LogP contribution in [0.4, 0.5) is 0 Å². The van der Waals surface area contributed by atoms with E-state index in [-0.39, 0.29) is 4.93 Å². The molecule has 0 aliphatic carbocycles. The highest BCUT2D eigenvalue weighted by molar-refractivity contribution is 8.07. The molecule has 0 bridgehead atoms. The summed E-state index contributed by atoms with van der Waals surface area (Å²) in [5, 5.41) is 0. The zero-order chi connectivity index (χ0) is 4.62. The minimum absolute atomic E-state index is 0.208. The Balaban J connectivity index is 2.28. The average molecular weight is 104 g/mol. The van der Waals surface area contributed by atoms with Gasteiger partial charge in [-0.05, 0) is 6.92 Å². The van der Waals surface area contributed by atoms with Crippen molar-refractivity contribution >= 4 is 11.8 Å². The first-order chi connectivity index (χ1) is 2.77. The number of rotatable bonds is 1. The third-order valence-electron chi connectivity index (χ3n) is 0.983. The van der Waals surface area contributed by atoms with Gasteiger partial charge in [-0.25, -0.2) is 0 Å². The normalized spacial score (nSPS) is 43.0. The van der Waals surface area contributed by atoms with Gasteiger partial charge in [0.15, 0.2) is 0 Å². The van der Waals surface area contributed by atoms with Crippen LogP contribution in [0.3, 0.4) is 0 Å². The van der Waals surface area contributed by atoms with Gasteiger partial charge in [-0.15, -0.1) is 11.8 Å². The smallest absolute Gasteiger partial charge is 0.119 e. The molecule has 0 aromatic carbocycles. The van der Waals surface area contributed by atoms with E-state index in [1.54, 1.807) is 7.11 Å². The minimum atomic E-state index is 0.208. The molecule has 1 nitrogen and oxygen atoms in total. The molecule has 1 rings (SSSR count). The van der Waals surface area contributed by atoms with Crippen LogP contribution in [-0.2, 0) is 4.74 Å². The lowest BCUT2D eigenvalue weighted by atomic mass is 10.5. The molecule has 1 heterocycles. The van der Waals surface area contributed by atoms with Crippen molar-refractivity contribution in [2.45, 2.75) is 11.9 Å². The summed E-state index contributed by atoms with van der Waals surface area (Å²) in [7, 11) is 1.75. The van der Waals surface area contributed by atoms with E-state index in [4.69, 9.17) is 4.74 Å². The maximum atomic E-state index is 5.01. The highest BCUT2D eigenvalue weighted by Gasteiger charge is 2.38. The first-order valence-corrected chi connectivity index (χ1v) is 2.94. The second-order valence-corrected chi connectivity index (χ2v) is 3.07. The molecule has 6 heavy (non-hydrogen) atoms. The molecule has 2 heteroatoms. The molecular formula is C4H8OS. The van der Waals surface area contributed by atoms with Gasteiger partial charge in [0.1, 0.15) is 4.93 Å². The number of ether oxygens (including phenoxy) is 1. The molecule has 1 unspecified atom stereocenters. The second kappa shape index (κ2) is 1.14. The highest BCUT2D eigenvalue weighted by Crippen LogP contribution is 2.44. The Morgan fingerprint density at radius 3 is 2.33 bits per heavy atom. The zero-order valence-corrected chi connectivity index (χ0v) is 4.84. The highest BCUT2D eigenvalue weighted by atomic mass is 32.2. The molecule has 1 aliphatic heterocycles. The van der Waals surface area contributed by atoms with E-state index in [0.29, 0.717) is 0 Å². The van der Waals surface area contributed by atoms with Crippen LogP contribution in [0.5, 0.6) is 0 Å². The Bertz CT molecular complexity index is 58.6. The lowest BCUT2D eigenvalue weighted by molar-refractivity contribution is 0.131. The van der Waals surface area contributed by atoms with Gasteiger partial charge in [-0.3, -0.25) is 0 Å². The first kappa shape index (κ1) is 4.47. The van der Waals surface area contributed by atoms with Crippen LogP contribution in [0.25, 0.3) is 0 Å². The Hall–Kier alpha value is 0.310. The first-order valence-electron chi connectivity index (χ1n) is 1.96. The predicted octanol–water partition coefficient (Wildman–Crippen LogP) is 1.10. The third-order valence-corrected chi connectivity index (χ3v) is 2.25. The van der Waals surface area contributed by atoms with Gasteiger partial charge in [-0.2, -0.15) is 0 Å². The van der Waals surface area contributed by atoms with Gasteiger partial charge in [0.2, 0.25) is 0 Å². The second-order valence-electron chi connectivity index (χ2n) is 1.63. The van der Waals surface area contributed by atoms with Crippen LogP contribution in [0.2, 0.25) is 0 Å².